The third-order valence-electron chi connectivity index (χ3n) is 4.08. The van der Waals surface area contributed by atoms with Gasteiger partial charge in [0, 0.05) is 30.1 Å². The van der Waals surface area contributed by atoms with Crippen LogP contribution in [0.15, 0.2) is 22.9 Å². The van der Waals surface area contributed by atoms with Gasteiger partial charge in [-0.1, -0.05) is 5.16 Å². The van der Waals surface area contributed by atoms with Crippen LogP contribution in [0.3, 0.4) is 0 Å². The molecule has 0 aromatic carbocycles. The fourth-order valence-electron chi connectivity index (χ4n) is 2.74. The highest BCUT2D eigenvalue weighted by atomic mass is 19.3. The maximum absolute atomic E-state index is 12.6. The molecule has 3 rings (SSSR count). The zero-order valence-corrected chi connectivity index (χ0v) is 13.8. The third kappa shape index (κ3) is 2.79. The average molecular weight is 333 g/mol. The Bertz CT molecular complexity index is 854. The molecule has 0 radical (unpaired) electrons. The van der Waals surface area contributed by atoms with E-state index >= 15 is 0 Å². The minimum absolute atomic E-state index is 0.117. The molecule has 0 aliphatic rings. The second-order valence-corrected chi connectivity index (χ2v) is 5.66. The lowest BCUT2D eigenvalue weighted by molar-refractivity contribution is 0.146. The van der Waals surface area contributed by atoms with Crippen LogP contribution >= 0.6 is 0 Å². The Morgan fingerprint density at radius 3 is 2.50 bits per heavy atom. The van der Waals surface area contributed by atoms with Crippen LogP contribution in [0.25, 0.3) is 11.4 Å². The van der Waals surface area contributed by atoms with Gasteiger partial charge < -0.3 is 4.52 Å². The first-order valence-electron chi connectivity index (χ1n) is 7.46. The molecule has 1 atom stereocenters. The lowest BCUT2D eigenvalue weighted by Crippen LogP contribution is -2.01. The van der Waals surface area contributed by atoms with Crippen molar-refractivity contribution in [3.63, 3.8) is 0 Å². The number of hydrogen-bond donors (Lipinski definition) is 0. The van der Waals surface area contributed by atoms with E-state index in [9.17, 15) is 8.78 Å². The summed E-state index contributed by atoms with van der Waals surface area (Å²) in [5, 5.41) is 8.33. The third-order valence-corrected chi connectivity index (χ3v) is 4.08. The lowest BCUT2D eigenvalue weighted by Gasteiger charge is -2.07. The molecular formula is C16H17F2N5O. The van der Waals surface area contributed by atoms with Crippen molar-refractivity contribution in [2.45, 2.75) is 33.1 Å². The first-order chi connectivity index (χ1) is 11.4. The van der Waals surface area contributed by atoms with Gasteiger partial charge in [0.15, 0.2) is 0 Å². The van der Waals surface area contributed by atoms with E-state index in [2.05, 4.69) is 20.2 Å². The van der Waals surface area contributed by atoms with Gasteiger partial charge in [-0.2, -0.15) is 10.1 Å². The predicted molar refractivity (Wildman–Crippen MR) is 82.7 cm³/mol. The van der Waals surface area contributed by atoms with E-state index in [4.69, 9.17) is 4.52 Å². The van der Waals surface area contributed by atoms with E-state index in [1.54, 1.807) is 0 Å². The summed E-state index contributed by atoms with van der Waals surface area (Å²) in [5.74, 6) is 0.653. The van der Waals surface area contributed by atoms with Crippen LogP contribution in [0.4, 0.5) is 8.78 Å². The molecule has 3 aromatic rings. The van der Waals surface area contributed by atoms with E-state index in [0.717, 1.165) is 17.0 Å². The van der Waals surface area contributed by atoms with Gasteiger partial charge in [0.1, 0.15) is 5.69 Å². The minimum Gasteiger partial charge on any atom is -0.338 e. The topological polar surface area (TPSA) is 69.6 Å². The van der Waals surface area contributed by atoms with Crippen LogP contribution in [0.5, 0.6) is 0 Å². The SMILES string of the molecule is Cc1nn(C)c(C)c1C(C)c1nc(-c2ccc(C(F)F)nc2)no1. The first kappa shape index (κ1) is 16.2. The maximum atomic E-state index is 12.6. The van der Waals surface area contributed by atoms with Gasteiger partial charge in [-0.3, -0.25) is 9.67 Å². The Morgan fingerprint density at radius 2 is 1.96 bits per heavy atom. The van der Waals surface area contributed by atoms with Crippen molar-refractivity contribution in [1.29, 1.82) is 0 Å². The summed E-state index contributed by atoms with van der Waals surface area (Å²) in [6.07, 6.45) is -1.28. The van der Waals surface area contributed by atoms with Crippen LogP contribution in [-0.4, -0.2) is 24.9 Å². The van der Waals surface area contributed by atoms with Gasteiger partial charge in [-0.05, 0) is 32.9 Å². The monoisotopic (exact) mass is 333 g/mol. The van der Waals surface area contributed by atoms with E-state index in [-0.39, 0.29) is 11.6 Å². The Labute approximate surface area is 137 Å². The van der Waals surface area contributed by atoms with E-state index in [1.807, 2.05) is 32.5 Å². The number of nitrogens with zero attached hydrogens (tertiary/aromatic N) is 5. The molecule has 0 bridgehead atoms. The molecule has 0 saturated carbocycles. The minimum atomic E-state index is -2.60. The van der Waals surface area contributed by atoms with Gasteiger partial charge in [-0.25, -0.2) is 8.78 Å². The van der Waals surface area contributed by atoms with Gasteiger partial charge >= 0.3 is 0 Å². The highest BCUT2D eigenvalue weighted by molar-refractivity contribution is 5.52. The van der Waals surface area contributed by atoms with Gasteiger partial charge in [0.05, 0.1) is 11.6 Å². The van der Waals surface area contributed by atoms with Crippen LogP contribution in [0.1, 0.15) is 47.8 Å². The maximum Gasteiger partial charge on any atom is 0.280 e. The summed E-state index contributed by atoms with van der Waals surface area (Å²) in [5.41, 5.74) is 3.23. The summed E-state index contributed by atoms with van der Waals surface area (Å²) >= 11 is 0. The molecule has 0 saturated heterocycles. The number of aryl methyl sites for hydroxylation is 2. The molecular weight excluding hydrogens is 316 g/mol. The largest absolute Gasteiger partial charge is 0.338 e. The Kier molecular flexibility index (Phi) is 4.13. The van der Waals surface area contributed by atoms with Crippen molar-refractivity contribution < 1.29 is 13.3 Å². The summed E-state index contributed by atoms with van der Waals surface area (Å²) in [6.45, 7) is 5.88. The van der Waals surface area contributed by atoms with Crippen molar-refractivity contribution in [1.82, 2.24) is 24.9 Å². The molecule has 3 heterocycles. The fourth-order valence-corrected chi connectivity index (χ4v) is 2.74. The highest BCUT2D eigenvalue weighted by Gasteiger charge is 2.23. The summed E-state index contributed by atoms with van der Waals surface area (Å²) in [6, 6.07) is 2.77. The fraction of sp³-hybridized carbons (Fsp3) is 0.375. The molecule has 0 aliphatic heterocycles. The van der Waals surface area contributed by atoms with Gasteiger partial charge in [-0.15, -0.1) is 0 Å². The van der Waals surface area contributed by atoms with Gasteiger partial charge in [0.2, 0.25) is 11.7 Å². The lowest BCUT2D eigenvalue weighted by atomic mass is 9.99. The zero-order chi connectivity index (χ0) is 17.4. The standard InChI is InChI=1S/C16H17F2N5O/c1-8(13-9(2)21-23(4)10(13)3)16-20-15(22-24-16)11-5-6-12(14(17)18)19-7-11/h5-8,14H,1-4H3. The number of pyridine rings is 1. The molecule has 0 N–H and O–H groups in total. The smallest absolute Gasteiger partial charge is 0.280 e. The van der Waals surface area contributed by atoms with E-state index < -0.39 is 6.43 Å². The number of rotatable bonds is 4. The molecule has 24 heavy (non-hydrogen) atoms. The Morgan fingerprint density at radius 1 is 1.21 bits per heavy atom. The summed E-state index contributed by atoms with van der Waals surface area (Å²) in [7, 11) is 1.88. The molecule has 0 spiro atoms. The highest BCUT2D eigenvalue weighted by Crippen LogP contribution is 2.29. The quantitative estimate of drug-likeness (QED) is 0.730. The van der Waals surface area contributed by atoms with E-state index in [0.29, 0.717) is 17.3 Å². The molecule has 1 unspecified atom stereocenters. The normalized spacial score (nSPS) is 12.8. The molecule has 0 aliphatic carbocycles. The van der Waals surface area contributed by atoms with Crippen LogP contribution < -0.4 is 0 Å². The first-order valence-corrected chi connectivity index (χ1v) is 7.46. The summed E-state index contributed by atoms with van der Waals surface area (Å²) < 4.78 is 32.3. The number of aromatic nitrogens is 5. The molecule has 126 valence electrons. The van der Waals surface area contributed by atoms with Crippen molar-refractivity contribution in [3.05, 3.63) is 46.9 Å². The number of halogens is 2. The van der Waals surface area contributed by atoms with Crippen molar-refractivity contribution in [3.8, 4) is 11.4 Å². The van der Waals surface area contributed by atoms with E-state index in [1.165, 1.54) is 18.3 Å². The molecule has 0 fully saturated rings. The Balaban J connectivity index is 1.90. The predicted octanol–water partition coefficient (Wildman–Crippen LogP) is 3.57. The van der Waals surface area contributed by atoms with Crippen molar-refractivity contribution in [2.75, 3.05) is 0 Å². The molecule has 6 nitrogen and oxygen atoms in total. The number of alkyl halides is 2. The van der Waals surface area contributed by atoms with Gasteiger partial charge in [0.25, 0.3) is 6.43 Å². The molecule has 3 aromatic heterocycles. The average Bonchev–Trinajstić information content (AvgIpc) is 3.13. The zero-order valence-electron chi connectivity index (χ0n) is 13.8. The van der Waals surface area contributed by atoms with Crippen molar-refractivity contribution >= 4 is 0 Å². The Hall–Kier alpha value is -2.64. The van der Waals surface area contributed by atoms with Crippen LogP contribution in [0, 0.1) is 13.8 Å². The van der Waals surface area contributed by atoms with Crippen molar-refractivity contribution in [2.24, 2.45) is 7.05 Å². The van der Waals surface area contributed by atoms with Crippen LogP contribution in [-0.2, 0) is 7.05 Å². The molecule has 0 amide bonds. The second-order valence-electron chi connectivity index (χ2n) is 5.66. The molecule has 8 heteroatoms. The number of hydrogen-bond acceptors (Lipinski definition) is 5. The van der Waals surface area contributed by atoms with Crippen LogP contribution in [0.2, 0.25) is 0 Å². The second kappa shape index (κ2) is 6.10. The summed E-state index contributed by atoms with van der Waals surface area (Å²) in [4.78, 5) is 8.09.